The van der Waals surface area contributed by atoms with Gasteiger partial charge in [0.05, 0.1) is 22.3 Å². The molecular weight excluding hydrogens is 365 g/mol. The highest BCUT2D eigenvalue weighted by Gasteiger charge is 2.39. The van der Waals surface area contributed by atoms with E-state index in [0.717, 1.165) is 4.90 Å². The summed E-state index contributed by atoms with van der Waals surface area (Å²) in [5.41, 5.74) is 1.38. The number of rotatable bonds is 6. The van der Waals surface area contributed by atoms with Crippen LogP contribution in [-0.2, 0) is 9.59 Å². The lowest BCUT2D eigenvalue weighted by Gasteiger charge is -2.15. The van der Waals surface area contributed by atoms with Gasteiger partial charge in [0, 0.05) is 0 Å². The van der Waals surface area contributed by atoms with Crippen LogP contribution in [0, 0.1) is 5.82 Å². The second-order valence-corrected chi connectivity index (χ2v) is 7.52. The molecule has 0 N–H and O–H groups in total. The van der Waals surface area contributed by atoms with E-state index < -0.39 is 11.7 Å². The smallest absolute Gasteiger partial charge is 0.272 e. The summed E-state index contributed by atoms with van der Waals surface area (Å²) < 4.78 is 18.9. The molecule has 2 aromatic rings. The van der Waals surface area contributed by atoms with Gasteiger partial charge in [-0.2, -0.15) is 0 Å². The number of imide groups is 1. The molecule has 4 nitrogen and oxygen atoms in total. The minimum atomic E-state index is -0.421. The summed E-state index contributed by atoms with van der Waals surface area (Å²) in [6.45, 7) is 5.80. The minimum Gasteiger partial charge on any atom is -0.491 e. The molecule has 0 saturated heterocycles. The van der Waals surface area contributed by atoms with Gasteiger partial charge in [-0.15, -0.1) is 11.8 Å². The Balaban J connectivity index is 1.99. The zero-order chi connectivity index (χ0) is 19.6. The third-order valence-electron chi connectivity index (χ3n) is 3.93. The van der Waals surface area contributed by atoms with Gasteiger partial charge in [-0.05, 0) is 61.6 Å². The zero-order valence-corrected chi connectivity index (χ0v) is 16.2. The van der Waals surface area contributed by atoms with E-state index in [4.69, 9.17) is 4.74 Å². The summed E-state index contributed by atoms with van der Waals surface area (Å²) in [6.07, 6.45) is 0.0462. The predicted octanol–water partition coefficient (Wildman–Crippen LogP) is 4.65. The fourth-order valence-corrected chi connectivity index (χ4v) is 3.69. The molecule has 0 fully saturated rings. The van der Waals surface area contributed by atoms with E-state index >= 15 is 0 Å². The molecule has 1 aliphatic rings. The first-order valence-electron chi connectivity index (χ1n) is 8.71. The molecular formula is C21H20FNO3S. The standard InChI is InChI=1S/C21H20FNO3S/c1-4-27-19-18(14-5-11-17(12-6-14)26-13(2)3)20(24)23(21(19)25)16-9-7-15(22)8-10-16/h5-13H,4H2,1-3H3. The van der Waals surface area contributed by atoms with Gasteiger partial charge in [0.25, 0.3) is 11.8 Å². The Morgan fingerprint density at radius 1 is 1.00 bits per heavy atom. The van der Waals surface area contributed by atoms with Crippen LogP contribution in [-0.4, -0.2) is 23.7 Å². The van der Waals surface area contributed by atoms with Crippen molar-refractivity contribution in [2.75, 3.05) is 10.7 Å². The fourth-order valence-electron chi connectivity index (χ4n) is 2.84. The number of halogens is 1. The van der Waals surface area contributed by atoms with Crippen molar-refractivity contribution < 1.29 is 18.7 Å². The zero-order valence-electron chi connectivity index (χ0n) is 15.4. The minimum absolute atomic E-state index is 0.0462. The SMILES string of the molecule is CCSC1=C(c2ccc(OC(C)C)cc2)C(=O)N(c2ccc(F)cc2)C1=O. The van der Waals surface area contributed by atoms with Crippen LogP contribution >= 0.6 is 11.8 Å². The molecule has 0 atom stereocenters. The van der Waals surface area contributed by atoms with Crippen molar-refractivity contribution >= 4 is 34.8 Å². The maximum Gasteiger partial charge on any atom is 0.272 e. The van der Waals surface area contributed by atoms with Crippen molar-refractivity contribution in [3.8, 4) is 5.75 Å². The first kappa shape index (κ1) is 19.2. The predicted molar refractivity (Wildman–Crippen MR) is 106 cm³/mol. The second-order valence-electron chi connectivity index (χ2n) is 6.25. The van der Waals surface area contributed by atoms with Crippen molar-refractivity contribution in [2.45, 2.75) is 26.9 Å². The van der Waals surface area contributed by atoms with Crippen LogP contribution in [0.2, 0.25) is 0 Å². The summed E-state index contributed by atoms with van der Waals surface area (Å²) in [5, 5.41) is 0. The number of benzene rings is 2. The molecule has 0 radical (unpaired) electrons. The van der Waals surface area contributed by atoms with Gasteiger partial charge >= 0.3 is 0 Å². The number of carbonyl (C=O) groups is 2. The molecule has 1 heterocycles. The van der Waals surface area contributed by atoms with Gasteiger partial charge in [-0.25, -0.2) is 9.29 Å². The second kappa shape index (κ2) is 7.96. The van der Waals surface area contributed by atoms with Gasteiger partial charge in [0.1, 0.15) is 11.6 Å². The molecule has 27 heavy (non-hydrogen) atoms. The molecule has 0 unspecified atom stereocenters. The van der Waals surface area contributed by atoms with Gasteiger partial charge in [0.2, 0.25) is 0 Å². The molecule has 140 valence electrons. The van der Waals surface area contributed by atoms with E-state index in [1.165, 1.54) is 36.0 Å². The number of amides is 2. The lowest BCUT2D eigenvalue weighted by Crippen LogP contribution is -2.31. The normalized spacial score (nSPS) is 14.5. The molecule has 0 bridgehead atoms. The Kier molecular flexibility index (Phi) is 5.65. The average Bonchev–Trinajstić information content (AvgIpc) is 2.87. The Labute approximate surface area is 162 Å². The van der Waals surface area contributed by atoms with E-state index in [9.17, 15) is 14.0 Å². The van der Waals surface area contributed by atoms with E-state index in [1.807, 2.05) is 20.8 Å². The molecule has 0 aromatic heterocycles. The highest BCUT2D eigenvalue weighted by molar-refractivity contribution is 8.04. The van der Waals surface area contributed by atoms with Crippen LogP contribution in [0.3, 0.4) is 0 Å². The van der Waals surface area contributed by atoms with Crippen LogP contribution in [0.15, 0.2) is 53.4 Å². The first-order chi connectivity index (χ1) is 12.9. The summed E-state index contributed by atoms with van der Waals surface area (Å²) in [7, 11) is 0. The molecule has 1 aliphatic heterocycles. The maximum atomic E-state index is 13.2. The lowest BCUT2D eigenvalue weighted by molar-refractivity contribution is -0.119. The number of hydrogen-bond donors (Lipinski definition) is 0. The Morgan fingerprint density at radius 3 is 2.19 bits per heavy atom. The van der Waals surface area contributed by atoms with Crippen LogP contribution in [0.4, 0.5) is 10.1 Å². The molecule has 0 aliphatic carbocycles. The quantitative estimate of drug-likeness (QED) is 0.679. The molecule has 6 heteroatoms. The van der Waals surface area contributed by atoms with Crippen molar-refractivity contribution in [1.82, 2.24) is 0 Å². The van der Waals surface area contributed by atoms with E-state index in [1.54, 1.807) is 24.3 Å². The van der Waals surface area contributed by atoms with E-state index in [-0.39, 0.29) is 12.0 Å². The highest BCUT2D eigenvalue weighted by Crippen LogP contribution is 2.38. The topological polar surface area (TPSA) is 46.6 Å². The number of anilines is 1. The van der Waals surface area contributed by atoms with Crippen molar-refractivity contribution in [3.63, 3.8) is 0 Å². The highest BCUT2D eigenvalue weighted by atomic mass is 32.2. The number of thioether (sulfide) groups is 1. The van der Waals surface area contributed by atoms with Gasteiger partial charge < -0.3 is 4.74 Å². The third kappa shape index (κ3) is 3.90. The van der Waals surface area contributed by atoms with Crippen molar-refractivity contribution in [2.24, 2.45) is 0 Å². The van der Waals surface area contributed by atoms with Crippen LogP contribution in [0.1, 0.15) is 26.3 Å². The summed E-state index contributed by atoms with van der Waals surface area (Å²) in [5.74, 6) is 0.154. The largest absolute Gasteiger partial charge is 0.491 e. The summed E-state index contributed by atoms with van der Waals surface area (Å²) in [4.78, 5) is 27.5. The fraction of sp³-hybridized carbons (Fsp3) is 0.238. The number of nitrogens with zero attached hydrogens (tertiary/aromatic N) is 1. The molecule has 3 rings (SSSR count). The number of hydrogen-bond acceptors (Lipinski definition) is 4. The van der Waals surface area contributed by atoms with Crippen LogP contribution in [0.5, 0.6) is 5.75 Å². The van der Waals surface area contributed by atoms with Gasteiger partial charge in [-0.1, -0.05) is 19.1 Å². The van der Waals surface area contributed by atoms with Crippen molar-refractivity contribution in [1.29, 1.82) is 0 Å². The Hall–Kier alpha value is -2.60. The Bertz CT molecular complexity index is 889. The lowest BCUT2D eigenvalue weighted by atomic mass is 10.1. The maximum absolute atomic E-state index is 13.2. The van der Waals surface area contributed by atoms with Gasteiger partial charge in [-0.3, -0.25) is 9.59 Å². The summed E-state index contributed by atoms with van der Waals surface area (Å²) in [6, 6.07) is 12.5. The molecule has 0 saturated carbocycles. The van der Waals surface area contributed by atoms with E-state index in [2.05, 4.69) is 0 Å². The number of ether oxygens (including phenoxy) is 1. The summed E-state index contributed by atoms with van der Waals surface area (Å²) >= 11 is 1.33. The van der Waals surface area contributed by atoms with Crippen LogP contribution in [0.25, 0.3) is 5.57 Å². The van der Waals surface area contributed by atoms with Crippen molar-refractivity contribution in [3.05, 3.63) is 64.8 Å². The average molecular weight is 385 g/mol. The number of carbonyl (C=O) groups excluding carboxylic acids is 2. The molecule has 2 amide bonds. The third-order valence-corrected chi connectivity index (χ3v) is 4.89. The van der Waals surface area contributed by atoms with Gasteiger partial charge in [0.15, 0.2) is 0 Å². The Morgan fingerprint density at radius 2 is 1.63 bits per heavy atom. The van der Waals surface area contributed by atoms with Crippen LogP contribution < -0.4 is 9.64 Å². The first-order valence-corrected chi connectivity index (χ1v) is 9.69. The molecule has 2 aromatic carbocycles. The molecule has 0 spiro atoms. The van der Waals surface area contributed by atoms with E-state index in [0.29, 0.717) is 33.2 Å². The monoisotopic (exact) mass is 385 g/mol.